The molecule has 170 valence electrons. The van der Waals surface area contributed by atoms with Gasteiger partial charge in [-0.25, -0.2) is 4.79 Å². The molecule has 3 heterocycles. The van der Waals surface area contributed by atoms with Crippen LogP contribution in [0.4, 0.5) is 4.79 Å². The van der Waals surface area contributed by atoms with Crippen LogP contribution in [0.2, 0.25) is 0 Å². The fraction of sp³-hybridized carbons (Fsp3) is 0.714. The van der Waals surface area contributed by atoms with Gasteiger partial charge in [-0.3, -0.25) is 9.89 Å². The normalized spacial score (nSPS) is 18.9. The molecule has 7 nitrogen and oxygen atoms in total. The molecule has 1 aromatic rings. The number of hydrogen-bond acceptors (Lipinski definition) is 5. The van der Waals surface area contributed by atoms with Crippen LogP contribution in [0.25, 0.3) is 0 Å². The number of guanidine groups is 1. The fourth-order valence-electron chi connectivity index (χ4n) is 3.92. The molecule has 0 radical (unpaired) electrons. The Morgan fingerprint density at radius 1 is 1.33 bits per heavy atom. The van der Waals surface area contributed by atoms with Crippen molar-refractivity contribution >= 4 is 47.4 Å². The first-order valence-electron chi connectivity index (χ1n) is 10.9. The standard InChI is InChI=1S/C21H35N5O2S.HI/c1-4-22-20(24-18-6-10-25(11-7-18)21(27)28-5-2)23-14-16(3)26-12-8-19-17(15-26)9-13-29-19;/h9,13,16,18H,4-8,10-12,14-15H2,1-3H3,(H2,22,23,24);1H. The number of rotatable bonds is 6. The number of piperidine rings is 1. The van der Waals surface area contributed by atoms with Crippen LogP contribution < -0.4 is 10.6 Å². The maximum atomic E-state index is 11.9. The van der Waals surface area contributed by atoms with Crippen molar-refractivity contribution in [2.45, 2.75) is 58.7 Å². The van der Waals surface area contributed by atoms with E-state index < -0.39 is 0 Å². The first-order valence-corrected chi connectivity index (χ1v) is 11.7. The Morgan fingerprint density at radius 3 is 2.80 bits per heavy atom. The van der Waals surface area contributed by atoms with Gasteiger partial charge in [-0.2, -0.15) is 0 Å². The highest BCUT2D eigenvalue weighted by Crippen LogP contribution is 2.25. The summed E-state index contributed by atoms with van der Waals surface area (Å²) in [4.78, 5) is 22.6. The number of nitrogens with zero attached hydrogens (tertiary/aromatic N) is 3. The van der Waals surface area contributed by atoms with Crippen molar-refractivity contribution in [2.75, 3.05) is 39.3 Å². The Labute approximate surface area is 201 Å². The zero-order chi connectivity index (χ0) is 20.6. The van der Waals surface area contributed by atoms with Gasteiger partial charge in [0.1, 0.15) is 0 Å². The number of halogens is 1. The van der Waals surface area contributed by atoms with E-state index in [2.05, 4.69) is 40.8 Å². The number of amides is 1. The van der Waals surface area contributed by atoms with Gasteiger partial charge >= 0.3 is 6.09 Å². The Kier molecular flexibility index (Phi) is 10.7. The minimum absolute atomic E-state index is 0. The van der Waals surface area contributed by atoms with Crippen LogP contribution in [0.3, 0.4) is 0 Å². The van der Waals surface area contributed by atoms with E-state index in [0.29, 0.717) is 18.7 Å². The molecule has 2 N–H and O–H groups in total. The number of carbonyl (C=O) groups excluding carboxylic acids is 1. The minimum atomic E-state index is -0.198. The minimum Gasteiger partial charge on any atom is -0.450 e. The number of thiophene rings is 1. The molecule has 1 fully saturated rings. The summed E-state index contributed by atoms with van der Waals surface area (Å²) in [7, 11) is 0. The molecule has 2 aliphatic rings. The Hall–Kier alpha value is -1.07. The number of carbonyl (C=O) groups is 1. The van der Waals surface area contributed by atoms with E-state index in [1.54, 1.807) is 9.78 Å². The van der Waals surface area contributed by atoms with Gasteiger partial charge in [-0.1, -0.05) is 0 Å². The molecule has 3 rings (SSSR count). The molecule has 1 saturated heterocycles. The van der Waals surface area contributed by atoms with Crippen molar-refractivity contribution in [3.63, 3.8) is 0 Å². The van der Waals surface area contributed by atoms with E-state index in [0.717, 1.165) is 64.5 Å². The molecular formula is C21H36IN5O2S. The molecule has 1 amide bonds. The summed E-state index contributed by atoms with van der Waals surface area (Å²) in [6.07, 6.45) is 2.77. The topological polar surface area (TPSA) is 69.2 Å². The van der Waals surface area contributed by atoms with E-state index in [4.69, 9.17) is 9.73 Å². The summed E-state index contributed by atoms with van der Waals surface area (Å²) < 4.78 is 5.10. The molecular weight excluding hydrogens is 513 g/mol. The monoisotopic (exact) mass is 549 g/mol. The van der Waals surface area contributed by atoms with Gasteiger partial charge in [0.2, 0.25) is 0 Å². The number of fused-ring (bicyclic) bond motifs is 1. The average molecular weight is 550 g/mol. The second kappa shape index (κ2) is 12.7. The molecule has 1 atom stereocenters. The predicted molar refractivity (Wildman–Crippen MR) is 134 cm³/mol. The average Bonchev–Trinajstić information content (AvgIpc) is 3.20. The van der Waals surface area contributed by atoms with Gasteiger partial charge in [-0.15, -0.1) is 35.3 Å². The number of aliphatic imine (C=N–C) groups is 1. The van der Waals surface area contributed by atoms with Crippen LogP contribution in [0.1, 0.15) is 44.1 Å². The number of nitrogens with one attached hydrogen (secondary N) is 2. The van der Waals surface area contributed by atoms with Crippen LogP contribution >= 0.6 is 35.3 Å². The van der Waals surface area contributed by atoms with Gasteiger partial charge in [0.15, 0.2) is 5.96 Å². The van der Waals surface area contributed by atoms with Crippen molar-refractivity contribution < 1.29 is 9.53 Å². The summed E-state index contributed by atoms with van der Waals surface area (Å²) in [5, 5.41) is 9.14. The van der Waals surface area contributed by atoms with Gasteiger partial charge in [0, 0.05) is 49.7 Å². The predicted octanol–water partition coefficient (Wildman–Crippen LogP) is 3.29. The van der Waals surface area contributed by atoms with Gasteiger partial charge < -0.3 is 20.3 Å². The third-order valence-electron chi connectivity index (χ3n) is 5.68. The molecule has 30 heavy (non-hydrogen) atoms. The SMILES string of the molecule is CCNC(=NCC(C)N1CCc2sccc2C1)NC1CCN(C(=O)OCC)CC1.I. The van der Waals surface area contributed by atoms with Crippen molar-refractivity contribution in [3.05, 3.63) is 21.9 Å². The van der Waals surface area contributed by atoms with Gasteiger partial charge in [0.25, 0.3) is 0 Å². The zero-order valence-corrected chi connectivity index (χ0v) is 21.5. The maximum absolute atomic E-state index is 11.9. The van der Waals surface area contributed by atoms with Crippen LogP contribution in [0.5, 0.6) is 0 Å². The molecule has 0 bridgehead atoms. The lowest BCUT2D eigenvalue weighted by atomic mass is 10.1. The largest absolute Gasteiger partial charge is 0.450 e. The molecule has 9 heteroatoms. The lowest BCUT2D eigenvalue weighted by Crippen LogP contribution is -2.50. The zero-order valence-electron chi connectivity index (χ0n) is 18.4. The van der Waals surface area contributed by atoms with E-state index in [1.165, 1.54) is 5.56 Å². The first-order chi connectivity index (χ1) is 14.1. The van der Waals surface area contributed by atoms with Gasteiger partial charge in [-0.05, 0) is 57.0 Å². The molecule has 1 aromatic heterocycles. The van der Waals surface area contributed by atoms with Crippen LogP contribution in [-0.4, -0.2) is 73.3 Å². The summed E-state index contributed by atoms with van der Waals surface area (Å²) in [6, 6.07) is 3.00. The number of likely N-dealkylation sites (tertiary alicyclic amines) is 1. The fourth-order valence-corrected chi connectivity index (χ4v) is 4.81. The lowest BCUT2D eigenvalue weighted by molar-refractivity contribution is 0.0963. The smallest absolute Gasteiger partial charge is 0.409 e. The number of ether oxygens (including phenoxy) is 1. The highest BCUT2D eigenvalue weighted by molar-refractivity contribution is 14.0. The summed E-state index contributed by atoms with van der Waals surface area (Å²) in [5.41, 5.74) is 1.48. The summed E-state index contributed by atoms with van der Waals surface area (Å²) in [5.74, 6) is 0.877. The highest BCUT2D eigenvalue weighted by atomic mass is 127. The molecule has 2 aliphatic heterocycles. The first kappa shape index (κ1) is 25.2. The van der Waals surface area contributed by atoms with Crippen molar-refractivity contribution in [3.8, 4) is 0 Å². The molecule has 0 saturated carbocycles. The molecule has 0 aliphatic carbocycles. The van der Waals surface area contributed by atoms with Crippen molar-refractivity contribution in [1.82, 2.24) is 20.4 Å². The molecule has 0 aromatic carbocycles. The third-order valence-corrected chi connectivity index (χ3v) is 6.70. The Balaban J connectivity index is 0.00000320. The van der Waals surface area contributed by atoms with E-state index in [1.807, 2.05) is 18.3 Å². The molecule has 1 unspecified atom stereocenters. The summed E-state index contributed by atoms with van der Waals surface area (Å²) >= 11 is 1.88. The van der Waals surface area contributed by atoms with Crippen LogP contribution in [-0.2, 0) is 17.7 Å². The van der Waals surface area contributed by atoms with Crippen LogP contribution in [0.15, 0.2) is 16.4 Å². The van der Waals surface area contributed by atoms with Crippen LogP contribution in [0, 0.1) is 0 Å². The second-order valence-electron chi connectivity index (χ2n) is 7.76. The summed E-state index contributed by atoms with van der Waals surface area (Å²) in [6.45, 7) is 11.8. The lowest BCUT2D eigenvalue weighted by Gasteiger charge is -2.33. The quantitative estimate of drug-likeness (QED) is 0.324. The Bertz CT molecular complexity index is 691. The van der Waals surface area contributed by atoms with Crippen molar-refractivity contribution in [2.24, 2.45) is 4.99 Å². The highest BCUT2D eigenvalue weighted by Gasteiger charge is 2.25. The van der Waals surface area contributed by atoms with Gasteiger partial charge in [0.05, 0.1) is 13.2 Å². The Morgan fingerprint density at radius 2 is 2.10 bits per heavy atom. The van der Waals surface area contributed by atoms with E-state index in [-0.39, 0.29) is 30.1 Å². The maximum Gasteiger partial charge on any atom is 0.409 e. The second-order valence-corrected chi connectivity index (χ2v) is 8.76. The number of hydrogen-bond donors (Lipinski definition) is 2. The van der Waals surface area contributed by atoms with E-state index in [9.17, 15) is 4.79 Å². The third kappa shape index (κ3) is 6.98. The van der Waals surface area contributed by atoms with E-state index >= 15 is 0 Å². The van der Waals surface area contributed by atoms with Crippen molar-refractivity contribution in [1.29, 1.82) is 0 Å². The molecule has 0 spiro atoms.